The molecule has 2 unspecified atom stereocenters. The predicted octanol–water partition coefficient (Wildman–Crippen LogP) is 7.28. The third-order valence-electron chi connectivity index (χ3n) is 5.82. The Morgan fingerprint density at radius 1 is 1.17 bits per heavy atom. The number of hydrogen-bond acceptors (Lipinski definition) is 0. The molecule has 0 amide bonds. The van der Waals surface area contributed by atoms with E-state index in [1.807, 2.05) is 0 Å². The van der Waals surface area contributed by atoms with Gasteiger partial charge in [-0.1, -0.05) is 58.6 Å². The second-order valence-electron chi connectivity index (χ2n) is 8.36. The lowest BCUT2D eigenvalue weighted by Gasteiger charge is -2.24. The highest BCUT2D eigenvalue weighted by Crippen LogP contribution is 2.36. The van der Waals surface area contributed by atoms with Crippen molar-refractivity contribution in [3.8, 4) is 0 Å². The molecule has 2 aromatic rings. The van der Waals surface area contributed by atoms with Crippen LogP contribution in [0.25, 0.3) is 10.9 Å². The van der Waals surface area contributed by atoms with Crippen molar-refractivity contribution in [1.29, 1.82) is 0 Å². The van der Waals surface area contributed by atoms with Crippen molar-refractivity contribution in [2.24, 2.45) is 17.8 Å². The Hall–Kier alpha value is -0.760. The van der Waals surface area contributed by atoms with E-state index in [1.54, 1.807) is 5.56 Å². The van der Waals surface area contributed by atoms with Crippen LogP contribution in [-0.2, 0) is 12.8 Å². The van der Waals surface area contributed by atoms with Gasteiger partial charge < -0.3 is 4.98 Å². The van der Waals surface area contributed by atoms with Gasteiger partial charge in [0.15, 0.2) is 0 Å². The molecule has 0 saturated carbocycles. The highest BCUT2D eigenvalue weighted by Gasteiger charge is 2.23. The monoisotopic (exact) mass is 389 g/mol. The molecule has 2 atom stereocenters. The molecule has 0 bridgehead atoms. The predicted molar refractivity (Wildman–Crippen MR) is 109 cm³/mol. The average Bonchev–Trinajstić information content (AvgIpc) is 2.92. The van der Waals surface area contributed by atoms with Crippen molar-refractivity contribution in [1.82, 2.24) is 4.98 Å². The van der Waals surface area contributed by atoms with Crippen molar-refractivity contribution in [2.45, 2.75) is 72.1 Å². The molecular formula is C22H32BrN. The zero-order chi connectivity index (χ0) is 17.1. The number of H-pyrrole nitrogens is 1. The number of rotatable bonds is 7. The lowest BCUT2D eigenvalue weighted by atomic mass is 9.82. The molecule has 1 aromatic carbocycles. The molecule has 0 fully saturated rings. The number of para-hydroxylation sites is 1. The largest absolute Gasteiger partial charge is 0.357 e. The second kappa shape index (κ2) is 8.08. The summed E-state index contributed by atoms with van der Waals surface area (Å²) in [5.41, 5.74) is 4.37. The fourth-order valence-corrected chi connectivity index (χ4v) is 4.73. The summed E-state index contributed by atoms with van der Waals surface area (Å²) in [7, 11) is 0. The molecule has 24 heavy (non-hydrogen) atoms. The summed E-state index contributed by atoms with van der Waals surface area (Å²) in [4.78, 5) is 3.66. The number of aryl methyl sites for hydroxylation is 1. The maximum atomic E-state index is 3.69. The summed E-state index contributed by atoms with van der Waals surface area (Å²) in [5.74, 6) is 2.63. The number of halogens is 1. The molecule has 132 valence electrons. The van der Waals surface area contributed by atoms with E-state index >= 15 is 0 Å². The standard InChI is InChI=1S/C22H32BrN/c1-15(2)6-4-7-16(3)10-11-17-12-13-21-19(14-17)18-8-5-9-20(23)22(18)24-21/h5,8-9,15-17,24H,4,6-7,10-14H2,1-3H3. The van der Waals surface area contributed by atoms with Gasteiger partial charge in [-0.05, 0) is 71.0 Å². The minimum atomic E-state index is 0.857. The van der Waals surface area contributed by atoms with E-state index in [4.69, 9.17) is 0 Å². The highest BCUT2D eigenvalue weighted by atomic mass is 79.9. The Balaban J connectivity index is 1.55. The Morgan fingerprint density at radius 3 is 2.79 bits per heavy atom. The second-order valence-corrected chi connectivity index (χ2v) is 9.21. The van der Waals surface area contributed by atoms with E-state index < -0.39 is 0 Å². The molecule has 2 heteroatoms. The molecule has 1 N–H and O–H groups in total. The Bertz CT molecular complexity index is 670. The lowest BCUT2D eigenvalue weighted by Crippen LogP contribution is -2.14. The molecule has 1 heterocycles. The van der Waals surface area contributed by atoms with Gasteiger partial charge in [0.25, 0.3) is 0 Å². The molecule has 1 aromatic heterocycles. The summed E-state index contributed by atoms with van der Waals surface area (Å²) >= 11 is 3.69. The molecule has 1 nitrogen and oxygen atoms in total. The van der Waals surface area contributed by atoms with Crippen LogP contribution in [0.1, 0.15) is 70.6 Å². The van der Waals surface area contributed by atoms with Gasteiger partial charge in [-0.3, -0.25) is 0 Å². The van der Waals surface area contributed by atoms with Crippen molar-refractivity contribution in [3.05, 3.63) is 33.9 Å². The average molecular weight is 390 g/mol. The first-order valence-electron chi connectivity index (χ1n) is 9.82. The normalized spacial score (nSPS) is 19.0. The highest BCUT2D eigenvalue weighted by molar-refractivity contribution is 9.10. The Kier molecular flexibility index (Phi) is 6.07. The molecule has 1 aliphatic rings. The van der Waals surface area contributed by atoms with E-state index in [9.17, 15) is 0 Å². The van der Waals surface area contributed by atoms with Gasteiger partial charge in [-0.15, -0.1) is 0 Å². The first-order valence-corrected chi connectivity index (χ1v) is 10.6. The zero-order valence-electron chi connectivity index (χ0n) is 15.5. The number of benzene rings is 1. The maximum absolute atomic E-state index is 3.69. The quantitative estimate of drug-likeness (QED) is 0.511. The van der Waals surface area contributed by atoms with E-state index in [0.717, 1.165) is 17.8 Å². The molecular weight excluding hydrogens is 358 g/mol. The van der Waals surface area contributed by atoms with Crippen molar-refractivity contribution < 1.29 is 0 Å². The first-order chi connectivity index (χ1) is 11.5. The van der Waals surface area contributed by atoms with Crippen LogP contribution in [0.5, 0.6) is 0 Å². The van der Waals surface area contributed by atoms with Gasteiger partial charge in [0.05, 0.1) is 5.52 Å². The van der Waals surface area contributed by atoms with Gasteiger partial charge in [-0.25, -0.2) is 0 Å². The summed E-state index contributed by atoms with van der Waals surface area (Å²) in [6.07, 6.45) is 10.9. The number of hydrogen-bond donors (Lipinski definition) is 1. The Labute approximate surface area is 155 Å². The number of aromatic nitrogens is 1. The summed E-state index contributed by atoms with van der Waals surface area (Å²) < 4.78 is 1.20. The maximum Gasteiger partial charge on any atom is 0.0603 e. The van der Waals surface area contributed by atoms with Gasteiger partial charge >= 0.3 is 0 Å². The first kappa shape index (κ1) is 18.0. The molecule has 0 spiro atoms. The van der Waals surface area contributed by atoms with E-state index in [1.165, 1.54) is 72.4 Å². The molecule has 0 saturated heterocycles. The SMILES string of the molecule is CC(C)CCCC(C)CCC1CCc2[nH]c3c(Br)cccc3c2C1. The Morgan fingerprint density at radius 2 is 2.00 bits per heavy atom. The summed E-state index contributed by atoms with van der Waals surface area (Å²) in [5, 5.41) is 1.44. The van der Waals surface area contributed by atoms with Gasteiger partial charge in [-0.2, -0.15) is 0 Å². The van der Waals surface area contributed by atoms with Crippen LogP contribution in [0.4, 0.5) is 0 Å². The third kappa shape index (κ3) is 4.25. The van der Waals surface area contributed by atoms with Crippen molar-refractivity contribution in [2.75, 3.05) is 0 Å². The molecule has 0 aliphatic heterocycles. The third-order valence-corrected chi connectivity index (χ3v) is 6.48. The smallest absolute Gasteiger partial charge is 0.0603 e. The summed E-state index contributed by atoms with van der Waals surface area (Å²) in [6.45, 7) is 7.13. The van der Waals surface area contributed by atoms with Crippen LogP contribution >= 0.6 is 15.9 Å². The van der Waals surface area contributed by atoms with Crippen LogP contribution in [0, 0.1) is 17.8 Å². The van der Waals surface area contributed by atoms with E-state index in [-0.39, 0.29) is 0 Å². The van der Waals surface area contributed by atoms with Gasteiger partial charge in [0.1, 0.15) is 0 Å². The van der Waals surface area contributed by atoms with Crippen LogP contribution in [0.3, 0.4) is 0 Å². The minimum Gasteiger partial charge on any atom is -0.357 e. The van der Waals surface area contributed by atoms with Crippen LogP contribution in [0.15, 0.2) is 22.7 Å². The summed E-state index contributed by atoms with van der Waals surface area (Å²) in [6, 6.07) is 6.59. The van der Waals surface area contributed by atoms with Crippen molar-refractivity contribution in [3.63, 3.8) is 0 Å². The fourth-order valence-electron chi connectivity index (χ4n) is 4.26. The van der Waals surface area contributed by atoms with Gasteiger partial charge in [0.2, 0.25) is 0 Å². The molecule has 3 rings (SSSR count). The van der Waals surface area contributed by atoms with E-state index in [2.05, 4.69) is 59.9 Å². The number of fused-ring (bicyclic) bond motifs is 3. The van der Waals surface area contributed by atoms with Gasteiger partial charge in [0, 0.05) is 15.6 Å². The fraction of sp³-hybridized carbons (Fsp3) is 0.636. The minimum absolute atomic E-state index is 0.857. The molecule has 1 aliphatic carbocycles. The lowest BCUT2D eigenvalue weighted by molar-refractivity contribution is 0.354. The van der Waals surface area contributed by atoms with Crippen molar-refractivity contribution >= 4 is 26.8 Å². The molecule has 0 radical (unpaired) electrons. The van der Waals surface area contributed by atoms with E-state index in [0.29, 0.717) is 0 Å². The topological polar surface area (TPSA) is 15.8 Å². The van der Waals surface area contributed by atoms with Crippen LogP contribution in [0.2, 0.25) is 0 Å². The number of aromatic amines is 1. The van der Waals surface area contributed by atoms with Crippen LogP contribution in [-0.4, -0.2) is 4.98 Å². The number of nitrogens with one attached hydrogen (secondary N) is 1. The van der Waals surface area contributed by atoms with Crippen LogP contribution < -0.4 is 0 Å². The zero-order valence-corrected chi connectivity index (χ0v) is 17.1.